The van der Waals surface area contributed by atoms with E-state index in [0.29, 0.717) is 11.3 Å². The van der Waals surface area contributed by atoms with Crippen LogP contribution in [0, 0.1) is 35.5 Å². The summed E-state index contributed by atoms with van der Waals surface area (Å²) in [6.07, 6.45) is 0. The Morgan fingerprint density at radius 2 is 1.88 bits per heavy atom. The number of nitriles is 2. The number of carbonyl (C=O) groups excluding carboxylic acids is 1. The molecule has 4 N–H and O–H groups in total. The lowest BCUT2D eigenvalue weighted by Gasteiger charge is -2.09. The number of anilines is 2. The molecule has 0 spiro atoms. The van der Waals surface area contributed by atoms with E-state index in [1.54, 1.807) is 19.1 Å². The molecule has 16 heavy (non-hydrogen) atoms. The number of nitrogens with zero attached hydrogens (tertiary/aromatic N) is 2. The number of hydrogen-bond donors (Lipinski definition) is 2. The average Bonchev–Trinajstić information content (AvgIpc) is 2.27. The van der Waals surface area contributed by atoms with E-state index in [9.17, 15) is 4.79 Å². The molecular formula is C11H10N4O. The van der Waals surface area contributed by atoms with Crippen molar-refractivity contribution < 1.29 is 4.79 Å². The van der Waals surface area contributed by atoms with E-state index in [2.05, 4.69) is 0 Å². The fourth-order valence-electron chi connectivity index (χ4n) is 1.26. The summed E-state index contributed by atoms with van der Waals surface area (Å²) in [4.78, 5) is 11.7. The standard InChI is InChI=1S/C11H10N4O/c1-6-9(14)3-2-8(10(6)15)11(16)7(4-12)5-13/h2-3,7H,14-15H2,1H3. The molecule has 0 saturated heterocycles. The molecule has 1 aromatic rings. The lowest BCUT2D eigenvalue weighted by atomic mass is 9.96. The number of rotatable bonds is 2. The Hall–Kier alpha value is -2.53. The van der Waals surface area contributed by atoms with E-state index in [0.717, 1.165) is 0 Å². The van der Waals surface area contributed by atoms with Gasteiger partial charge in [0.05, 0.1) is 12.1 Å². The number of benzene rings is 1. The SMILES string of the molecule is Cc1c(N)ccc(C(=O)C(C#N)C#N)c1N. The summed E-state index contributed by atoms with van der Waals surface area (Å²) in [5.74, 6) is -1.92. The van der Waals surface area contributed by atoms with Gasteiger partial charge in [-0.05, 0) is 24.6 Å². The van der Waals surface area contributed by atoms with Gasteiger partial charge in [0.1, 0.15) is 0 Å². The van der Waals surface area contributed by atoms with Crippen LogP contribution in [0.5, 0.6) is 0 Å². The van der Waals surface area contributed by atoms with Gasteiger partial charge in [0, 0.05) is 16.9 Å². The van der Waals surface area contributed by atoms with E-state index in [-0.39, 0.29) is 11.3 Å². The van der Waals surface area contributed by atoms with Gasteiger partial charge in [-0.15, -0.1) is 0 Å². The number of hydrogen-bond acceptors (Lipinski definition) is 5. The Balaban J connectivity index is 3.28. The van der Waals surface area contributed by atoms with Crippen LogP contribution in [-0.2, 0) is 0 Å². The maximum atomic E-state index is 11.7. The number of ketones is 1. The van der Waals surface area contributed by atoms with E-state index < -0.39 is 11.7 Å². The molecule has 5 nitrogen and oxygen atoms in total. The second-order valence-corrected chi connectivity index (χ2v) is 3.30. The minimum Gasteiger partial charge on any atom is -0.398 e. The Morgan fingerprint density at radius 3 is 2.38 bits per heavy atom. The van der Waals surface area contributed by atoms with Gasteiger partial charge < -0.3 is 11.5 Å². The first kappa shape index (κ1) is 11.5. The van der Waals surface area contributed by atoms with Crippen molar-refractivity contribution in [3.8, 4) is 12.1 Å². The molecule has 80 valence electrons. The Labute approximate surface area is 92.9 Å². The molecule has 0 heterocycles. The highest BCUT2D eigenvalue weighted by atomic mass is 16.1. The number of carbonyl (C=O) groups is 1. The second kappa shape index (κ2) is 4.33. The van der Waals surface area contributed by atoms with Crippen molar-refractivity contribution >= 4 is 17.2 Å². The van der Waals surface area contributed by atoms with Crippen LogP contribution in [0.3, 0.4) is 0 Å². The maximum Gasteiger partial charge on any atom is 0.196 e. The van der Waals surface area contributed by atoms with Gasteiger partial charge in [-0.3, -0.25) is 4.79 Å². The van der Waals surface area contributed by atoms with Crippen molar-refractivity contribution in [1.82, 2.24) is 0 Å². The van der Waals surface area contributed by atoms with Crippen molar-refractivity contribution in [1.29, 1.82) is 10.5 Å². The Morgan fingerprint density at radius 1 is 1.31 bits per heavy atom. The molecular weight excluding hydrogens is 204 g/mol. The molecule has 1 rings (SSSR count). The van der Waals surface area contributed by atoms with Gasteiger partial charge in [0.2, 0.25) is 0 Å². The Bertz CT molecular complexity index is 508. The molecule has 0 aliphatic heterocycles. The summed E-state index contributed by atoms with van der Waals surface area (Å²) < 4.78 is 0. The summed E-state index contributed by atoms with van der Waals surface area (Å²) in [7, 11) is 0. The normalized spacial score (nSPS) is 9.50. The van der Waals surface area contributed by atoms with Crippen LogP contribution >= 0.6 is 0 Å². The molecule has 0 radical (unpaired) electrons. The van der Waals surface area contributed by atoms with E-state index in [4.69, 9.17) is 22.0 Å². The highest BCUT2D eigenvalue weighted by molar-refractivity contribution is 6.05. The number of nitrogen functional groups attached to an aromatic ring is 2. The first-order chi connectivity index (χ1) is 7.52. The fraction of sp³-hybridized carbons (Fsp3) is 0.182. The quantitative estimate of drug-likeness (QED) is 0.562. The summed E-state index contributed by atoms with van der Waals surface area (Å²) >= 11 is 0. The van der Waals surface area contributed by atoms with E-state index in [1.807, 2.05) is 0 Å². The number of Topliss-reactive ketones (excluding diaryl/α,β-unsaturated/α-hetero) is 1. The van der Waals surface area contributed by atoms with E-state index in [1.165, 1.54) is 12.1 Å². The zero-order chi connectivity index (χ0) is 12.3. The van der Waals surface area contributed by atoms with Crippen LogP contribution in [0.25, 0.3) is 0 Å². The molecule has 0 atom stereocenters. The smallest absolute Gasteiger partial charge is 0.196 e. The van der Waals surface area contributed by atoms with Crippen molar-refractivity contribution in [2.45, 2.75) is 6.92 Å². The highest BCUT2D eigenvalue weighted by Crippen LogP contribution is 2.24. The lowest BCUT2D eigenvalue weighted by molar-refractivity contribution is 0.0971. The van der Waals surface area contributed by atoms with Crippen molar-refractivity contribution in [2.24, 2.45) is 5.92 Å². The topological polar surface area (TPSA) is 117 Å². The molecule has 0 bridgehead atoms. The van der Waals surface area contributed by atoms with Crippen LogP contribution in [0.15, 0.2) is 12.1 Å². The third kappa shape index (κ3) is 1.79. The summed E-state index contributed by atoms with van der Waals surface area (Å²) in [5, 5.41) is 17.2. The minimum absolute atomic E-state index is 0.166. The highest BCUT2D eigenvalue weighted by Gasteiger charge is 2.22. The van der Waals surface area contributed by atoms with Gasteiger partial charge in [-0.25, -0.2) is 0 Å². The average molecular weight is 214 g/mol. The molecule has 0 fully saturated rings. The second-order valence-electron chi connectivity index (χ2n) is 3.30. The third-order valence-electron chi connectivity index (χ3n) is 2.34. The minimum atomic E-state index is -1.33. The third-order valence-corrected chi connectivity index (χ3v) is 2.34. The van der Waals surface area contributed by atoms with Gasteiger partial charge >= 0.3 is 0 Å². The first-order valence-electron chi connectivity index (χ1n) is 4.51. The molecule has 0 aromatic heterocycles. The molecule has 5 heteroatoms. The molecule has 0 saturated carbocycles. The summed E-state index contributed by atoms with van der Waals surface area (Å²) in [6, 6.07) is 6.19. The summed E-state index contributed by atoms with van der Waals surface area (Å²) in [6.45, 7) is 1.68. The fourth-order valence-corrected chi connectivity index (χ4v) is 1.26. The monoisotopic (exact) mass is 214 g/mol. The van der Waals surface area contributed by atoms with Crippen molar-refractivity contribution in [3.05, 3.63) is 23.3 Å². The zero-order valence-corrected chi connectivity index (χ0v) is 8.69. The van der Waals surface area contributed by atoms with Crippen molar-refractivity contribution in [2.75, 3.05) is 11.5 Å². The van der Waals surface area contributed by atoms with Crippen LogP contribution in [0.2, 0.25) is 0 Å². The molecule has 0 amide bonds. The first-order valence-corrected chi connectivity index (χ1v) is 4.51. The molecule has 0 unspecified atom stereocenters. The molecule has 1 aromatic carbocycles. The van der Waals surface area contributed by atoms with Gasteiger partial charge in [-0.1, -0.05) is 0 Å². The summed E-state index contributed by atoms with van der Waals surface area (Å²) in [5.41, 5.74) is 12.8. The van der Waals surface area contributed by atoms with Crippen LogP contribution < -0.4 is 11.5 Å². The maximum absolute atomic E-state index is 11.7. The molecule has 0 aliphatic rings. The van der Waals surface area contributed by atoms with Crippen LogP contribution in [0.1, 0.15) is 15.9 Å². The van der Waals surface area contributed by atoms with E-state index >= 15 is 0 Å². The van der Waals surface area contributed by atoms with Crippen LogP contribution in [0.4, 0.5) is 11.4 Å². The molecule has 0 aliphatic carbocycles. The predicted octanol–water partition coefficient (Wildman–Crippen LogP) is 1.01. The predicted molar refractivity (Wildman–Crippen MR) is 59.1 cm³/mol. The van der Waals surface area contributed by atoms with Gasteiger partial charge in [-0.2, -0.15) is 10.5 Å². The van der Waals surface area contributed by atoms with Crippen molar-refractivity contribution in [3.63, 3.8) is 0 Å². The van der Waals surface area contributed by atoms with Gasteiger partial charge in [0.25, 0.3) is 0 Å². The lowest BCUT2D eigenvalue weighted by Crippen LogP contribution is -2.14. The zero-order valence-electron chi connectivity index (χ0n) is 8.69. The number of nitrogens with two attached hydrogens (primary N) is 2. The van der Waals surface area contributed by atoms with Gasteiger partial charge in [0.15, 0.2) is 11.7 Å². The van der Waals surface area contributed by atoms with Crippen LogP contribution in [-0.4, -0.2) is 5.78 Å². The Kier molecular flexibility index (Phi) is 3.12. The largest absolute Gasteiger partial charge is 0.398 e.